The van der Waals surface area contributed by atoms with Crippen LogP contribution in [0.4, 0.5) is 0 Å². The lowest BCUT2D eigenvalue weighted by Crippen LogP contribution is -2.28. The van der Waals surface area contributed by atoms with E-state index in [1.807, 2.05) is 85.1 Å². The molecule has 0 spiro atoms. The summed E-state index contributed by atoms with van der Waals surface area (Å²) in [7, 11) is 0. The highest BCUT2D eigenvalue weighted by molar-refractivity contribution is 7.99. The molecule has 1 unspecified atom stereocenters. The van der Waals surface area contributed by atoms with Crippen LogP contribution in [0.2, 0.25) is 0 Å². The number of hydrogen-bond acceptors (Lipinski definition) is 6. The SMILES string of the molecule is CCOc1ccc(-n2c(SCC(=O)NC(C)c3ccccc3)nnc2-c2cccnc2)cc1. The summed E-state index contributed by atoms with van der Waals surface area (Å²) >= 11 is 1.34. The maximum Gasteiger partial charge on any atom is 0.230 e. The number of aromatic nitrogens is 4. The van der Waals surface area contributed by atoms with Crippen molar-refractivity contribution in [2.24, 2.45) is 0 Å². The number of nitrogens with one attached hydrogen (secondary N) is 1. The Kier molecular flexibility index (Phi) is 7.36. The van der Waals surface area contributed by atoms with Gasteiger partial charge in [-0.3, -0.25) is 14.3 Å². The van der Waals surface area contributed by atoms with Crippen LogP contribution in [-0.4, -0.2) is 38.0 Å². The molecular formula is C25H25N5O2S. The fourth-order valence-corrected chi connectivity index (χ4v) is 4.14. The van der Waals surface area contributed by atoms with Gasteiger partial charge in [0, 0.05) is 23.6 Å². The van der Waals surface area contributed by atoms with Crippen LogP contribution in [0.5, 0.6) is 5.75 Å². The quantitative estimate of drug-likeness (QED) is 0.366. The second-order valence-corrected chi connectivity index (χ2v) is 8.24. The standard InChI is InChI=1S/C25H25N5O2S/c1-3-32-22-13-11-21(12-14-22)30-24(20-10-7-15-26-16-20)28-29-25(30)33-17-23(31)27-18(2)19-8-5-4-6-9-19/h4-16,18H,3,17H2,1-2H3,(H,27,31). The number of carbonyl (C=O) groups excluding carboxylic acids is 1. The molecular weight excluding hydrogens is 434 g/mol. The highest BCUT2D eigenvalue weighted by Crippen LogP contribution is 2.28. The second-order valence-electron chi connectivity index (χ2n) is 7.30. The van der Waals surface area contributed by atoms with Gasteiger partial charge in [-0.25, -0.2) is 0 Å². The van der Waals surface area contributed by atoms with Crippen molar-refractivity contribution in [3.8, 4) is 22.8 Å². The summed E-state index contributed by atoms with van der Waals surface area (Å²) < 4.78 is 7.50. The summed E-state index contributed by atoms with van der Waals surface area (Å²) in [5.74, 6) is 1.61. The maximum absolute atomic E-state index is 12.6. The summed E-state index contributed by atoms with van der Waals surface area (Å²) in [6.45, 7) is 4.53. The molecule has 0 saturated carbocycles. The van der Waals surface area contributed by atoms with Gasteiger partial charge in [-0.15, -0.1) is 10.2 Å². The van der Waals surface area contributed by atoms with Gasteiger partial charge in [-0.05, 0) is 55.8 Å². The highest BCUT2D eigenvalue weighted by Gasteiger charge is 2.18. The zero-order valence-corrected chi connectivity index (χ0v) is 19.3. The van der Waals surface area contributed by atoms with E-state index in [-0.39, 0.29) is 17.7 Å². The van der Waals surface area contributed by atoms with Crippen molar-refractivity contribution in [2.75, 3.05) is 12.4 Å². The van der Waals surface area contributed by atoms with Crippen LogP contribution in [0.3, 0.4) is 0 Å². The third-order valence-electron chi connectivity index (χ3n) is 4.97. The lowest BCUT2D eigenvalue weighted by atomic mass is 10.1. The second kappa shape index (κ2) is 10.8. The van der Waals surface area contributed by atoms with Crippen molar-refractivity contribution in [3.63, 3.8) is 0 Å². The van der Waals surface area contributed by atoms with Gasteiger partial charge in [-0.2, -0.15) is 0 Å². The Labute approximate surface area is 197 Å². The predicted octanol–water partition coefficient (Wildman–Crippen LogP) is 4.70. The summed E-state index contributed by atoms with van der Waals surface area (Å²) in [6, 6.07) is 21.3. The van der Waals surface area contributed by atoms with E-state index < -0.39 is 0 Å². The summed E-state index contributed by atoms with van der Waals surface area (Å²) in [5.41, 5.74) is 2.78. The predicted molar refractivity (Wildman–Crippen MR) is 129 cm³/mol. The smallest absolute Gasteiger partial charge is 0.230 e. The topological polar surface area (TPSA) is 81.9 Å². The normalized spacial score (nSPS) is 11.7. The molecule has 33 heavy (non-hydrogen) atoms. The van der Waals surface area contributed by atoms with E-state index >= 15 is 0 Å². The van der Waals surface area contributed by atoms with Crippen molar-refractivity contribution in [2.45, 2.75) is 25.0 Å². The lowest BCUT2D eigenvalue weighted by molar-refractivity contribution is -0.119. The number of nitrogens with zero attached hydrogens (tertiary/aromatic N) is 4. The highest BCUT2D eigenvalue weighted by atomic mass is 32.2. The van der Waals surface area contributed by atoms with Crippen LogP contribution in [0.25, 0.3) is 17.1 Å². The Morgan fingerprint density at radius 2 is 1.85 bits per heavy atom. The molecule has 2 aromatic carbocycles. The van der Waals surface area contributed by atoms with Gasteiger partial charge in [-0.1, -0.05) is 42.1 Å². The number of rotatable bonds is 9. The largest absolute Gasteiger partial charge is 0.494 e. The van der Waals surface area contributed by atoms with E-state index in [0.29, 0.717) is 17.6 Å². The van der Waals surface area contributed by atoms with E-state index in [4.69, 9.17) is 4.74 Å². The molecule has 7 nitrogen and oxygen atoms in total. The van der Waals surface area contributed by atoms with Gasteiger partial charge in [0.1, 0.15) is 5.75 Å². The molecule has 168 valence electrons. The van der Waals surface area contributed by atoms with Gasteiger partial charge < -0.3 is 10.1 Å². The van der Waals surface area contributed by atoms with Crippen molar-refractivity contribution >= 4 is 17.7 Å². The first-order valence-electron chi connectivity index (χ1n) is 10.7. The third-order valence-corrected chi connectivity index (χ3v) is 5.90. The number of carbonyl (C=O) groups is 1. The number of thioether (sulfide) groups is 1. The lowest BCUT2D eigenvalue weighted by Gasteiger charge is -2.14. The molecule has 4 aromatic rings. The molecule has 0 aliphatic rings. The van der Waals surface area contributed by atoms with Gasteiger partial charge in [0.05, 0.1) is 18.4 Å². The Morgan fingerprint density at radius 3 is 2.55 bits per heavy atom. The van der Waals surface area contributed by atoms with Crippen LogP contribution >= 0.6 is 11.8 Å². The monoisotopic (exact) mass is 459 g/mol. The van der Waals surface area contributed by atoms with Crippen molar-refractivity contribution in [1.29, 1.82) is 0 Å². The zero-order valence-electron chi connectivity index (χ0n) is 18.5. The number of hydrogen-bond donors (Lipinski definition) is 1. The van der Waals surface area contributed by atoms with E-state index in [0.717, 1.165) is 22.6 Å². The van der Waals surface area contributed by atoms with Crippen LogP contribution in [0.15, 0.2) is 84.3 Å². The van der Waals surface area contributed by atoms with E-state index in [2.05, 4.69) is 20.5 Å². The van der Waals surface area contributed by atoms with E-state index in [1.165, 1.54) is 11.8 Å². The molecule has 8 heteroatoms. The van der Waals surface area contributed by atoms with E-state index in [9.17, 15) is 4.79 Å². The van der Waals surface area contributed by atoms with Crippen LogP contribution in [0, 0.1) is 0 Å². The van der Waals surface area contributed by atoms with E-state index in [1.54, 1.807) is 12.4 Å². The number of benzene rings is 2. The summed E-state index contributed by atoms with van der Waals surface area (Å²) in [5, 5.41) is 12.4. The number of amides is 1. The van der Waals surface area contributed by atoms with Crippen molar-refractivity contribution in [3.05, 3.63) is 84.7 Å². The fraction of sp³-hybridized carbons (Fsp3) is 0.200. The molecule has 0 radical (unpaired) electrons. The first-order valence-corrected chi connectivity index (χ1v) is 11.7. The van der Waals surface area contributed by atoms with Gasteiger partial charge >= 0.3 is 0 Å². The molecule has 4 rings (SSSR count). The molecule has 2 heterocycles. The summed E-state index contributed by atoms with van der Waals surface area (Å²) in [6.07, 6.45) is 3.47. The molecule has 1 amide bonds. The zero-order chi connectivity index (χ0) is 23.0. The molecule has 1 atom stereocenters. The minimum Gasteiger partial charge on any atom is -0.494 e. The van der Waals surface area contributed by atoms with Gasteiger partial charge in [0.2, 0.25) is 5.91 Å². The van der Waals surface area contributed by atoms with Crippen molar-refractivity contribution < 1.29 is 9.53 Å². The number of ether oxygens (including phenoxy) is 1. The van der Waals surface area contributed by atoms with Gasteiger partial charge in [0.15, 0.2) is 11.0 Å². The molecule has 0 aliphatic carbocycles. The van der Waals surface area contributed by atoms with Crippen LogP contribution in [0.1, 0.15) is 25.5 Å². The fourth-order valence-electron chi connectivity index (χ4n) is 3.37. The Morgan fingerprint density at radius 1 is 1.06 bits per heavy atom. The minimum absolute atomic E-state index is 0.0690. The van der Waals surface area contributed by atoms with Gasteiger partial charge in [0.25, 0.3) is 0 Å². The Hall–Kier alpha value is -3.65. The maximum atomic E-state index is 12.6. The van der Waals surface area contributed by atoms with Crippen LogP contribution < -0.4 is 10.1 Å². The molecule has 1 N–H and O–H groups in total. The molecule has 2 aromatic heterocycles. The molecule has 0 bridgehead atoms. The minimum atomic E-state index is -0.0748. The summed E-state index contributed by atoms with van der Waals surface area (Å²) in [4.78, 5) is 16.8. The molecule has 0 saturated heterocycles. The average Bonchev–Trinajstić information content (AvgIpc) is 3.28. The molecule has 0 fully saturated rings. The van der Waals surface area contributed by atoms with Crippen molar-refractivity contribution in [1.82, 2.24) is 25.1 Å². The third kappa shape index (κ3) is 5.59. The Balaban J connectivity index is 1.55. The number of pyridine rings is 1. The Bertz CT molecular complexity index is 1180. The average molecular weight is 460 g/mol. The molecule has 0 aliphatic heterocycles. The van der Waals surface area contributed by atoms with Crippen LogP contribution in [-0.2, 0) is 4.79 Å². The first kappa shape index (κ1) is 22.5. The first-order chi connectivity index (χ1) is 16.2.